The Bertz CT molecular complexity index is 742. The molecule has 0 aromatic carbocycles. The highest BCUT2D eigenvalue weighted by Gasteiger charge is 2.33. The van der Waals surface area contributed by atoms with E-state index in [0.717, 1.165) is 26.1 Å². The van der Waals surface area contributed by atoms with E-state index in [0.29, 0.717) is 17.7 Å². The molecule has 0 radical (unpaired) electrons. The van der Waals surface area contributed by atoms with E-state index in [2.05, 4.69) is 21.6 Å². The van der Waals surface area contributed by atoms with Gasteiger partial charge in [0.25, 0.3) is 5.91 Å². The predicted octanol–water partition coefficient (Wildman–Crippen LogP) is 2.76. The van der Waals surface area contributed by atoms with Gasteiger partial charge in [-0.25, -0.2) is 4.98 Å². The molecular weight excluding hydrogens is 302 g/mol. The lowest BCUT2D eigenvalue weighted by Crippen LogP contribution is -2.30. The van der Waals surface area contributed by atoms with E-state index in [1.165, 1.54) is 30.8 Å². The van der Waals surface area contributed by atoms with Gasteiger partial charge >= 0.3 is 0 Å². The first-order valence-corrected chi connectivity index (χ1v) is 9.03. The van der Waals surface area contributed by atoms with Gasteiger partial charge in [0.15, 0.2) is 0 Å². The minimum atomic E-state index is 0.0488. The number of imidazole rings is 1. The van der Waals surface area contributed by atoms with Gasteiger partial charge in [-0.05, 0) is 39.2 Å². The fraction of sp³-hybridized carbons (Fsp3) is 0.611. The molecule has 1 unspecified atom stereocenters. The van der Waals surface area contributed by atoms with Crippen molar-refractivity contribution >= 4 is 5.91 Å². The van der Waals surface area contributed by atoms with Crippen molar-refractivity contribution in [2.45, 2.75) is 58.0 Å². The standard InChI is InChI=1S/C18H25N5O/c1-3-22-10-8-16(20-22)18(24)21-9-7-15(12-21)23-13(2)11-19-17(23)14-5-4-6-14/h8,10-11,14-15H,3-7,9,12H2,1-2H3. The smallest absolute Gasteiger partial charge is 0.274 e. The fourth-order valence-electron chi connectivity index (χ4n) is 3.86. The lowest BCUT2D eigenvalue weighted by molar-refractivity contribution is 0.0780. The number of hydrogen-bond donors (Lipinski definition) is 0. The van der Waals surface area contributed by atoms with Crippen LogP contribution in [-0.4, -0.2) is 43.2 Å². The summed E-state index contributed by atoms with van der Waals surface area (Å²) in [5.41, 5.74) is 1.77. The van der Waals surface area contributed by atoms with Gasteiger partial charge in [0.05, 0.1) is 6.04 Å². The third-order valence-electron chi connectivity index (χ3n) is 5.48. The molecule has 1 aliphatic heterocycles. The van der Waals surface area contributed by atoms with E-state index in [1.807, 2.05) is 30.3 Å². The van der Waals surface area contributed by atoms with Gasteiger partial charge in [0.1, 0.15) is 11.5 Å². The summed E-state index contributed by atoms with van der Waals surface area (Å²) < 4.78 is 4.19. The highest BCUT2D eigenvalue weighted by Crippen LogP contribution is 2.38. The number of aryl methyl sites for hydroxylation is 2. The molecule has 6 heteroatoms. The molecular formula is C18H25N5O. The van der Waals surface area contributed by atoms with Gasteiger partial charge in [-0.2, -0.15) is 5.10 Å². The molecule has 2 fully saturated rings. The molecule has 0 N–H and O–H groups in total. The van der Waals surface area contributed by atoms with Crippen LogP contribution in [0, 0.1) is 6.92 Å². The number of carbonyl (C=O) groups is 1. The zero-order valence-electron chi connectivity index (χ0n) is 14.5. The number of amides is 1. The van der Waals surface area contributed by atoms with Gasteiger partial charge in [0, 0.05) is 43.6 Å². The zero-order valence-corrected chi connectivity index (χ0v) is 14.5. The number of nitrogens with zero attached hydrogens (tertiary/aromatic N) is 5. The second-order valence-corrected chi connectivity index (χ2v) is 7.01. The minimum Gasteiger partial charge on any atom is -0.335 e. The maximum absolute atomic E-state index is 12.7. The Kier molecular flexibility index (Phi) is 3.90. The van der Waals surface area contributed by atoms with Gasteiger partial charge in [-0.15, -0.1) is 0 Å². The molecule has 1 saturated heterocycles. The first-order valence-electron chi connectivity index (χ1n) is 9.03. The molecule has 0 spiro atoms. The first kappa shape index (κ1) is 15.4. The Balaban J connectivity index is 1.50. The molecule has 6 nitrogen and oxygen atoms in total. The van der Waals surface area contributed by atoms with Crippen molar-refractivity contribution in [2.24, 2.45) is 0 Å². The summed E-state index contributed by atoms with van der Waals surface area (Å²) in [6, 6.07) is 2.17. The maximum Gasteiger partial charge on any atom is 0.274 e. The number of likely N-dealkylation sites (tertiary alicyclic amines) is 1. The minimum absolute atomic E-state index is 0.0488. The van der Waals surface area contributed by atoms with Gasteiger partial charge < -0.3 is 9.47 Å². The van der Waals surface area contributed by atoms with Crippen LogP contribution in [-0.2, 0) is 6.54 Å². The molecule has 0 bridgehead atoms. The summed E-state index contributed by atoms with van der Waals surface area (Å²) in [5.74, 6) is 1.89. The van der Waals surface area contributed by atoms with Crippen LogP contribution in [0.4, 0.5) is 0 Å². The third-order valence-corrected chi connectivity index (χ3v) is 5.48. The molecule has 4 rings (SSSR count). The fourth-order valence-corrected chi connectivity index (χ4v) is 3.86. The van der Waals surface area contributed by atoms with Crippen LogP contribution < -0.4 is 0 Å². The van der Waals surface area contributed by atoms with E-state index in [4.69, 9.17) is 0 Å². The Morgan fingerprint density at radius 1 is 1.33 bits per heavy atom. The Morgan fingerprint density at radius 2 is 2.17 bits per heavy atom. The zero-order chi connectivity index (χ0) is 16.7. The summed E-state index contributed by atoms with van der Waals surface area (Å²) in [6.07, 6.45) is 8.67. The Hall–Kier alpha value is -2.11. The quantitative estimate of drug-likeness (QED) is 0.867. The number of aromatic nitrogens is 4. The maximum atomic E-state index is 12.7. The van der Waals surface area contributed by atoms with Crippen molar-refractivity contribution < 1.29 is 4.79 Å². The number of carbonyl (C=O) groups excluding carboxylic acids is 1. The third kappa shape index (κ3) is 2.54. The summed E-state index contributed by atoms with van der Waals surface area (Å²) in [4.78, 5) is 19.3. The molecule has 128 valence electrons. The first-order chi connectivity index (χ1) is 11.7. The van der Waals surface area contributed by atoms with Gasteiger partial charge in [0.2, 0.25) is 0 Å². The predicted molar refractivity (Wildman–Crippen MR) is 91.0 cm³/mol. The van der Waals surface area contributed by atoms with Crippen LogP contribution >= 0.6 is 0 Å². The van der Waals surface area contributed by atoms with Crippen LogP contribution in [0.1, 0.15) is 66.6 Å². The molecule has 3 heterocycles. The van der Waals surface area contributed by atoms with Crippen molar-refractivity contribution in [2.75, 3.05) is 13.1 Å². The normalized spacial score (nSPS) is 21.2. The lowest BCUT2D eigenvalue weighted by atomic mass is 9.84. The second kappa shape index (κ2) is 6.07. The lowest BCUT2D eigenvalue weighted by Gasteiger charge is -2.28. The average Bonchev–Trinajstić information content (AvgIpc) is 3.24. The summed E-state index contributed by atoms with van der Waals surface area (Å²) in [7, 11) is 0. The van der Waals surface area contributed by atoms with Gasteiger partial charge in [-0.3, -0.25) is 9.48 Å². The molecule has 1 amide bonds. The summed E-state index contributed by atoms with van der Waals surface area (Å²) in [6.45, 7) is 6.49. The van der Waals surface area contributed by atoms with Crippen LogP contribution in [0.25, 0.3) is 0 Å². The molecule has 2 aliphatic rings. The number of rotatable bonds is 4. The molecule has 1 saturated carbocycles. The molecule has 1 atom stereocenters. The van der Waals surface area contributed by atoms with Crippen LogP contribution in [0.15, 0.2) is 18.5 Å². The van der Waals surface area contributed by atoms with E-state index in [-0.39, 0.29) is 5.91 Å². The Morgan fingerprint density at radius 3 is 2.83 bits per heavy atom. The van der Waals surface area contributed by atoms with Crippen molar-refractivity contribution in [3.05, 3.63) is 35.7 Å². The molecule has 1 aliphatic carbocycles. The van der Waals surface area contributed by atoms with Crippen LogP contribution in [0.3, 0.4) is 0 Å². The van der Waals surface area contributed by atoms with Crippen molar-refractivity contribution in [3.8, 4) is 0 Å². The summed E-state index contributed by atoms with van der Waals surface area (Å²) in [5, 5.41) is 4.35. The Labute approximate surface area is 142 Å². The van der Waals surface area contributed by atoms with E-state index >= 15 is 0 Å². The van der Waals surface area contributed by atoms with Crippen molar-refractivity contribution in [1.82, 2.24) is 24.2 Å². The SMILES string of the molecule is CCn1ccc(C(=O)N2CCC(n3c(C)cnc3C3CCC3)C2)n1. The number of hydrogen-bond acceptors (Lipinski definition) is 3. The topological polar surface area (TPSA) is 56.0 Å². The molecule has 24 heavy (non-hydrogen) atoms. The van der Waals surface area contributed by atoms with E-state index < -0.39 is 0 Å². The largest absolute Gasteiger partial charge is 0.335 e. The van der Waals surface area contributed by atoms with Crippen LogP contribution in [0.5, 0.6) is 0 Å². The molecule has 2 aromatic heterocycles. The van der Waals surface area contributed by atoms with Gasteiger partial charge in [-0.1, -0.05) is 6.42 Å². The second-order valence-electron chi connectivity index (χ2n) is 7.01. The molecule has 2 aromatic rings. The van der Waals surface area contributed by atoms with E-state index in [9.17, 15) is 4.79 Å². The van der Waals surface area contributed by atoms with Crippen molar-refractivity contribution in [1.29, 1.82) is 0 Å². The summed E-state index contributed by atoms with van der Waals surface area (Å²) >= 11 is 0. The average molecular weight is 327 g/mol. The van der Waals surface area contributed by atoms with Crippen molar-refractivity contribution in [3.63, 3.8) is 0 Å². The monoisotopic (exact) mass is 327 g/mol. The van der Waals surface area contributed by atoms with Crippen LogP contribution in [0.2, 0.25) is 0 Å². The van der Waals surface area contributed by atoms with E-state index in [1.54, 1.807) is 4.68 Å². The highest BCUT2D eigenvalue weighted by atomic mass is 16.2. The highest BCUT2D eigenvalue weighted by molar-refractivity contribution is 5.92.